The summed E-state index contributed by atoms with van der Waals surface area (Å²) in [4.78, 5) is 13.8. The van der Waals surface area contributed by atoms with Gasteiger partial charge in [0.05, 0.1) is 7.11 Å². The molecule has 0 radical (unpaired) electrons. The molecule has 1 rings (SSSR count). The van der Waals surface area contributed by atoms with Gasteiger partial charge in [0.2, 0.25) is 5.91 Å². The zero-order valence-corrected chi connectivity index (χ0v) is 11.5. The van der Waals surface area contributed by atoms with E-state index in [9.17, 15) is 4.79 Å². The predicted molar refractivity (Wildman–Crippen MR) is 73.6 cm³/mol. The average molecular weight is 265 g/mol. The van der Waals surface area contributed by atoms with Gasteiger partial charge >= 0.3 is 0 Å². The first kappa shape index (κ1) is 14.8. The van der Waals surface area contributed by atoms with Crippen LogP contribution in [0.5, 0.6) is 5.75 Å². The van der Waals surface area contributed by atoms with Gasteiger partial charge in [-0.1, -0.05) is 5.16 Å². The van der Waals surface area contributed by atoms with E-state index in [2.05, 4.69) is 5.16 Å². The Bertz CT molecular complexity index is 480. The van der Waals surface area contributed by atoms with Crippen molar-refractivity contribution in [3.63, 3.8) is 0 Å². The third kappa shape index (κ3) is 2.96. The lowest BCUT2D eigenvalue weighted by Gasteiger charge is -2.28. The number of amidine groups is 1. The Labute approximate surface area is 112 Å². The summed E-state index contributed by atoms with van der Waals surface area (Å²) < 4.78 is 5.06. The van der Waals surface area contributed by atoms with Crippen molar-refractivity contribution in [2.45, 2.75) is 13.8 Å². The number of oxime groups is 1. The number of carbonyl (C=O) groups excluding carboxylic acids is 1. The average Bonchev–Trinajstić information content (AvgIpc) is 2.44. The Morgan fingerprint density at radius 1 is 1.37 bits per heavy atom. The largest absolute Gasteiger partial charge is 0.497 e. The van der Waals surface area contributed by atoms with Gasteiger partial charge in [-0.3, -0.25) is 4.79 Å². The number of amides is 1. The maximum atomic E-state index is 12.3. The Morgan fingerprint density at radius 2 is 1.89 bits per heavy atom. The number of carbonyl (C=O) groups is 1. The topological polar surface area (TPSA) is 88.2 Å². The van der Waals surface area contributed by atoms with Crippen LogP contribution < -0.4 is 15.4 Å². The van der Waals surface area contributed by atoms with Gasteiger partial charge in [-0.25, -0.2) is 0 Å². The second-order valence-corrected chi connectivity index (χ2v) is 4.67. The number of anilines is 1. The molecular weight excluding hydrogens is 246 g/mol. The van der Waals surface area contributed by atoms with Gasteiger partial charge in [0.15, 0.2) is 5.84 Å². The van der Waals surface area contributed by atoms with Gasteiger partial charge in [0.25, 0.3) is 0 Å². The van der Waals surface area contributed by atoms with Crippen molar-refractivity contribution in [3.8, 4) is 5.75 Å². The minimum absolute atomic E-state index is 0.127. The van der Waals surface area contributed by atoms with Gasteiger partial charge in [0, 0.05) is 12.7 Å². The standard InChI is InChI=1S/C13H19N3O3/c1-13(2,11(14)15-18)12(17)16(3)9-5-7-10(19-4)8-6-9/h5-8,18H,1-4H3,(H2,14,15). The normalized spacial score (nSPS) is 12.1. The molecule has 6 nitrogen and oxygen atoms in total. The van der Waals surface area contributed by atoms with Gasteiger partial charge in [-0.15, -0.1) is 0 Å². The van der Waals surface area contributed by atoms with Crippen molar-refractivity contribution in [2.24, 2.45) is 16.3 Å². The minimum Gasteiger partial charge on any atom is -0.497 e. The predicted octanol–water partition coefficient (Wildman–Crippen LogP) is 1.43. The molecule has 0 aliphatic rings. The molecule has 1 aromatic rings. The fraction of sp³-hybridized carbons (Fsp3) is 0.385. The van der Waals surface area contributed by atoms with Crippen molar-refractivity contribution in [1.82, 2.24) is 0 Å². The van der Waals surface area contributed by atoms with Crippen LogP contribution in [0, 0.1) is 5.41 Å². The summed E-state index contributed by atoms with van der Waals surface area (Å²) in [6, 6.07) is 7.05. The molecule has 0 aliphatic heterocycles. The van der Waals surface area contributed by atoms with Crippen LogP contribution in [0.1, 0.15) is 13.8 Å². The molecule has 3 N–H and O–H groups in total. The highest BCUT2D eigenvalue weighted by molar-refractivity contribution is 6.11. The van der Waals surface area contributed by atoms with E-state index in [1.807, 2.05) is 0 Å². The van der Waals surface area contributed by atoms with Gasteiger partial charge in [0.1, 0.15) is 11.2 Å². The highest BCUT2D eigenvalue weighted by Gasteiger charge is 2.35. The summed E-state index contributed by atoms with van der Waals surface area (Å²) in [5.41, 5.74) is 5.16. The second kappa shape index (κ2) is 5.60. The molecular formula is C13H19N3O3. The molecule has 0 spiro atoms. The molecule has 0 fully saturated rings. The van der Waals surface area contributed by atoms with Crippen LogP contribution >= 0.6 is 0 Å². The monoisotopic (exact) mass is 265 g/mol. The lowest BCUT2D eigenvalue weighted by molar-refractivity contribution is -0.123. The zero-order valence-electron chi connectivity index (χ0n) is 11.5. The quantitative estimate of drug-likeness (QED) is 0.373. The molecule has 0 heterocycles. The first-order chi connectivity index (χ1) is 8.84. The molecule has 104 valence electrons. The Hall–Kier alpha value is -2.24. The smallest absolute Gasteiger partial charge is 0.240 e. The number of nitrogens with zero attached hydrogens (tertiary/aromatic N) is 2. The van der Waals surface area contributed by atoms with E-state index in [0.29, 0.717) is 11.4 Å². The fourth-order valence-corrected chi connectivity index (χ4v) is 1.58. The van der Waals surface area contributed by atoms with Gasteiger partial charge in [-0.2, -0.15) is 0 Å². The molecule has 0 saturated carbocycles. The molecule has 6 heteroatoms. The van der Waals surface area contributed by atoms with Crippen LogP contribution in [0.25, 0.3) is 0 Å². The fourth-order valence-electron chi connectivity index (χ4n) is 1.58. The van der Waals surface area contributed by atoms with Crippen molar-refractivity contribution in [1.29, 1.82) is 0 Å². The molecule has 1 amide bonds. The lowest BCUT2D eigenvalue weighted by Crippen LogP contribution is -2.46. The Kier molecular flexibility index (Phi) is 4.37. The lowest BCUT2D eigenvalue weighted by atomic mass is 9.90. The summed E-state index contributed by atoms with van der Waals surface area (Å²) >= 11 is 0. The number of benzene rings is 1. The van der Waals surface area contributed by atoms with Crippen LogP contribution in [0.15, 0.2) is 29.4 Å². The molecule has 0 saturated heterocycles. The number of hydrogen-bond acceptors (Lipinski definition) is 4. The third-order valence-electron chi connectivity index (χ3n) is 3.05. The van der Waals surface area contributed by atoms with Crippen molar-refractivity contribution in [2.75, 3.05) is 19.1 Å². The second-order valence-electron chi connectivity index (χ2n) is 4.67. The van der Waals surface area contributed by atoms with Gasteiger partial charge < -0.3 is 20.6 Å². The number of rotatable bonds is 4. The van der Waals surface area contributed by atoms with Crippen molar-refractivity contribution in [3.05, 3.63) is 24.3 Å². The van der Waals surface area contributed by atoms with E-state index in [1.54, 1.807) is 52.3 Å². The van der Waals surface area contributed by atoms with E-state index in [1.165, 1.54) is 4.90 Å². The van der Waals surface area contributed by atoms with E-state index < -0.39 is 5.41 Å². The first-order valence-corrected chi connectivity index (χ1v) is 5.74. The number of ether oxygens (including phenoxy) is 1. The SMILES string of the molecule is COc1ccc(N(C)C(=O)C(C)(C)C(N)=NO)cc1. The van der Waals surface area contributed by atoms with Crippen LogP contribution in [-0.2, 0) is 4.79 Å². The molecule has 1 aromatic carbocycles. The minimum atomic E-state index is -1.08. The van der Waals surface area contributed by atoms with Crippen LogP contribution in [-0.4, -0.2) is 31.1 Å². The molecule has 19 heavy (non-hydrogen) atoms. The zero-order chi connectivity index (χ0) is 14.6. The highest BCUT2D eigenvalue weighted by atomic mass is 16.5. The summed E-state index contributed by atoms with van der Waals surface area (Å²) in [6.45, 7) is 3.20. The first-order valence-electron chi connectivity index (χ1n) is 5.74. The summed E-state index contributed by atoms with van der Waals surface area (Å²) in [6.07, 6.45) is 0. The van der Waals surface area contributed by atoms with E-state index >= 15 is 0 Å². The summed E-state index contributed by atoms with van der Waals surface area (Å²) in [5.74, 6) is 0.311. The molecule has 0 unspecified atom stereocenters. The number of nitrogens with two attached hydrogens (primary N) is 1. The van der Waals surface area contributed by atoms with Crippen LogP contribution in [0.3, 0.4) is 0 Å². The third-order valence-corrected chi connectivity index (χ3v) is 3.05. The highest BCUT2D eigenvalue weighted by Crippen LogP contribution is 2.24. The Balaban J connectivity index is 2.99. The van der Waals surface area contributed by atoms with Crippen molar-refractivity contribution >= 4 is 17.4 Å². The number of methoxy groups -OCH3 is 1. The maximum Gasteiger partial charge on any atom is 0.240 e. The number of hydrogen-bond donors (Lipinski definition) is 2. The maximum absolute atomic E-state index is 12.3. The van der Waals surface area contributed by atoms with Crippen LogP contribution in [0.4, 0.5) is 5.69 Å². The summed E-state index contributed by atoms with van der Waals surface area (Å²) in [5, 5.41) is 11.6. The molecule has 0 atom stereocenters. The molecule has 0 bridgehead atoms. The van der Waals surface area contributed by atoms with Crippen LogP contribution in [0.2, 0.25) is 0 Å². The molecule has 0 aromatic heterocycles. The summed E-state index contributed by atoms with van der Waals surface area (Å²) in [7, 11) is 3.21. The van der Waals surface area contributed by atoms with E-state index in [4.69, 9.17) is 15.7 Å². The molecule has 0 aliphatic carbocycles. The Morgan fingerprint density at radius 3 is 2.32 bits per heavy atom. The van der Waals surface area contributed by atoms with Crippen molar-refractivity contribution < 1.29 is 14.7 Å². The van der Waals surface area contributed by atoms with E-state index in [-0.39, 0.29) is 11.7 Å². The van der Waals surface area contributed by atoms with Gasteiger partial charge in [-0.05, 0) is 38.1 Å². The van der Waals surface area contributed by atoms with E-state index in [0.717, 1.165) is 0 Å².